The van der Waals surface area contributed by atoms with E-state index in [1.807, 2.05) is 6.92 Å². The smallest absolute Gasteiger partial charge is 0.241 e. The van der Waals surface area contributed by atoms with Crippen molar-refractivity contribution in [2.24, 2.45) is 11.7 Å². The standard InChI is InChI=1S/C15H22FN3O/c1-2-19(14-5-3-13(16)4-6-14)15(20)11-18-8-7-12(9-17)10-18/h3-6,12H,2,7-11,17H2,1H3. The quantitative estimate of drug-likeness (QED) is 0.887. The molecule has 1 saturated heterocycles. The van der Waals surface area contributed by atoms with Gasteiger partial charge in [-0.1, -0.05) is 0 Å². The average molecular weight is 279 g/mol. The molecular weight excluding hydrogens is 257 g/mol. The lowest BCUT2D eigenvalue weighted by molar-refractivity contribution is -0.119. The van der Waals surface area contributed by atoms with E-state index in [1.165, 1.54) is 12.1 Å². The van der Waals surface area contributed by atoms with Gasteiger partial charge in [0, 0.05) is 18.8 Å². The van der Waals surface area contributed by atoms with Gasteiger partial charge in [-0.15, -0.1) is 0 Å². The Bertz CT molecular complexity index is 449. The zero-order chi connectivity index (χ0) is 14.5. The molecule has 5 heteroatoms. The Hall–Kier alpha value is -1.46. The Morgan fingerprint density at radius 3 is 2.70 bits per heavy atom. The van der Waals surface area contributed by atoms with Crippen LogP contribution in [0, 0.1) is 11.7 Å². The Labute approximate surface area is 119 Å². The van der Waals surface area contributed by atoms with Crippen LogP contribution in [0.4, 0.5) is 10.1 Å². The molecule has 0 aliphatic carbocycles. The maximum Gasteiger partial charge on any atom is 0.241 e. The number of anilines is 1. The van der Waals surface area contributed by atoms with Crippen LogP contribution in [0.25, 0.3) is 0 Å². The number of likely N-dealkylation sites (tertiary alicyclic amines) is 1. The molecule has 1 aliphatic rings. The van der Waals surface area contributed by atoms with Gasteiger partial charge in [-0.05, 0) is 56.6 Å². The first-order valence-corrected chi connectivity index (χ1v) is 7.12. The molecule has 1 aromatic rings. The highest BCUT2D eigenvalue weighted by Crippen LogP contribution is 2.18. The van der Waals surface area contributed by atoms with Crippen LogP contribution >= 0.6 is 0 Å². The molecule has 0 saturated carbocycles. The third-order valence-electron chi connectivity index (χ3n) is 3.82. The highest BCUT2D eigenvalue weighted by Gasteiger charge is 2.24. The summed E-state index contributed by atoms with van der Waals surface area (Å²) < 4.78 is 12.9. The van der Waals surface area contributed by atoms with E-state index in [1.54, 1.807) is 17.0 Å². The Morgan fingerprint density at radius 2 is 2.15 bits per heavy atom. The van der Waals surface area contributed by atoms with Crippen LogP contribution in [0.2, 0.25) is 0 Å². The summed E-state index contributed by atoms with van der Waals surface area (Å²) in [5, 5.41) is 0. The number of carbonyl (C=O) groups excluding carboxylic acids is 1. The molecule has 1 fully saturated rings. The highest BCUT2D eigenvalue weighted by molar-refractivity contribution is 5.94. The molecule has 0 bridgehead atoms. The first kappa shape index (κ1) is 14.9. The molecule has 1 aromatic carbocycles. The van der Waals surface area contributed by atoms with E-state index in [9.17, 15) is 9.18 Å². The summed E-state index contributed by atoms with van der Waals surface area (Å²) in [5.41, 5.74) is 6.40. The number of benzene rings is 1. The number of nitrogens with zero attached hydrogens (tertiary/aromatic N) is 2. The van der Waals surface area contributed by atoms with Gasteiger partial charge in [0.05, 0.1) is 6.54 Å². The second kappa shape index (κ2) is 6.81. The van der Waals surface area contributed by atoms with Crippen molar-refractivity contribution in [1.29, 1.82) is 0 Å². The molecule has 4 nitrogen and oxygen atoms in total. The first-order chi connectivity index (χ1) is 9.63. The Balaban J connectivity index is 1.97. The fraction of sp³-hybridized carbons (Fsp3) is 0.533. The van der Waals surface area contributed by atoms with Crippen molar-refractivity contribution < 1.29 is 9.18 Å². The summed E-state index contributed by atoms with van der Waals surface area (Å²) in [7, 11) is 0. The molecule has 0 aromatic heterocycles. The number of carbonyl (C=O) groups is 1. The summed E-state index contributed by atoms with van der Waals surface area (Å²) in [4.78, 5) is 16.2. The van der Waals surface area contributed by atoms with Gasteiger partial charge in [-0.3, -0.25) is 9.69 Å². The summed E-state index contributed by atoms with van der Waals surface area (Å²) in [6.07, 6.45) is 1.06. The van der Waals surface area contributed by atoms with Gasteiger partial charge in [0.15, 0.2) is 0 Å². The number of rotatable bonds is 5. The molecule has 0 radical (unpaired) electrons. The van der Waals surface area contributed by atoms with Crippen LogP contribution in [-0.4, -0.2) is 43.5 Å². The van der Waals surface area contributed by atoms with E-state index in [-0.39, 0.29) is 11.7 Å². The summed E-state index contributed by atoms with van der Waals surface area (Å²) in [5.74, 6) is 0.267. The van der Waals surface area contributed by atoms with Crippen molar-refractivity contribution in [3.63, 3.8) is 0 Å². The minimum absolute atomic E-state index is 0.0526. The van der Waals surface area contributed by atoms with Gasteiger partial charge in [0.25, 0.3) is 0 Å². The SMILES string of the molecule is CCN(C(=O)CN1CCC(CN)C1)c1ccc(F)cc1. The van der Waals surface area contributed by atoms with Gasteiger partial charge in [0.1, 0.15) is 5.82 Å². The monoisotopic (exact) mass is 279 g/mol. The molecular formula is C15H22FN3O. The number of nitrogens with two attached hydrogens (primary N) is 1. The van der Waals surface area contributed by atoms with E-state index in [0.717, 1.165) is 25.2 Å². The number of hydrogen-bond acceptors (Lipinski definition) is 3. The zero-order valence-corrected chi connectivity index (χ0v) is 11.9. The maximum atomic E-state index is 12.9. The highest BCUT2D eigenvalue weighted by atomic mass is 19.1. The fourth-order valence-corrected chi connectivity index (χ4v) is 2.65. The summed E-state index contributed by atoms with van der Waals surface area (Å²) in [6, 6.07) is 6.05. The minimum Gasteiger partial charge on any atom is -0.330 e. The molecule has 110 valence electrons. The minimum atomic E-state index is -0.289. The van der Waals surface area contributed by atoms with Crippen molar-refractivity contribution >= 4 is 11.6 Å². The van der Waals surface area contributed by atoms with Crippen molar-refractivity contribution in [2.45, 2.75) is 13.3 Å². The topological polar surface area (TPSA) is 49.6 Å². The van der Waals surface area contributed by atoms with Crippen molar-refractivity contribution in [3.05, 3.63) is 30.1 Å². The largest absolute Gasteiger partial charge is 0.330 e. The lowest BCUT2D eigenvalue weighted by atomic mass is 10.1. The lowest BCUT2D eigenvalue weighted by Gasteiger charge is -2.24. The summed E-state index contributed by atoms with van der Waals surface area (Å²) in [6.45, 7) is 5.41. The van der Waals surface area contributed by atoms with Gasteiger partial charge in [-0.25, -0.2) is 4.39 Å². The molecule has 1 unspecified atom stereocenters. The van der Waals surface area contributed by atoms with Crippen LogP contribution in [0.3, 0.4) is 0 Å². The van der Waals surface area contributed by atoms with Crippen molar-refractivity contribution in [3.8, 4) is 0 Å². The Morgan fingerprint density at radius 1 is 1.45 bits per heavy atom. The van der Waals surface area contributed by atoms with Crippen LogP contribution in [-0.2, 0) is 4.79 Å². The molecule has 1 heterocycles. The third kappa shape index (κ3) is 3.55. The van der Waals surface area contributed by atoms with E-state index < -0.39 is 0 Å². The lowest BCUT2D eigenvalue weighted by Crippen LogP contribution is -2.39. The Kier molecular flexibility index (Phi) is 5.09. The van der Waals surface area contributed by atoms with Crippen LogP contribution in [0.15, 0.2) is 24.3 Å². The molecule has 2 N–H and O–H groups in total. The predicted molar refractivity (Wildman–Crippen MR) is 78.0 cm³/mol. The average Bonchev–Trinajstić information content (AvgIpc) is 2.89. The van der Waals surface area contributed by atoms with Gasteiger partial charge in [-0.2, -0.15) is 0 Å². The zero-order valence-electron chi connectivity index (χ0n) is 11.9. The molecule has 0 spiro atoms. The number of hydrogen-bond donors (Lipinski definition) is 1. The normalized spacial score (nSPS) is 19.2. The van der Waals surface area contributed by atoms with E-state index in [4.69, 9.17) is 5.73 Å². The van der Waals surface area contributed by atoms with Gasteiger partial charge < -0.3 is 10.6 Å². The molecule has 1 aliphatic heterocycles. The first-order valence-electron chi connectivity index (χ1n) is 7.12. The summed E-state index contributed by atoms with van der Waals surface area (Å²) >= 11 is 0. The van der Waals surface area contributed by atoms with Crippen molar-refractivity contribution in [2.75, 3.05) is 37.6 Å². The van der Waals surface area contributed by atoms with Crippen molar-refractivity contribution in [1.82, 2.24) is 4.90 Å². The molecule has 1 amide bonds. The number of halogens is 1. The van der Waals surface area contributed by atoms with Crippen LogP contribution < -0.4 is 10.6 Å². The van der Waals surface area contributed by atoms with E-state index in [2.05, 4.69) is 4.90 Å². The fourth-order valence-electron chi connectivity index (χ4n) is 2.65. The van der Waals surface area contributed by atoms with Gasteiger partial charge in [0.2, 0.25) is 5.91 Å². The van der Waals surface area contributed by atoms with E-state index in [0.29, 0.717) is 25.6 Å². The van der Waals surface area contributed by atoms with Gasteiger partial charge >= 0.3 is 0 Å². The second-order valence-electron chi connectivity index (χ2n) is 5.24. The molecule has 2 rings (SSSR count). The third-order valence-corrected chi connectivity index (χ3v) is 3.82. The molecule has 1 atom stereocenters. The molecule has 20 heavy (non-hydrogen) atoms. The predicted octanol–water partition coefficient (Wildman–Crippen LogP) is 1.46. The van der Waals surface area contributed by atoms with E-state index >= 15 is 0 Å². The maximum absolute atomic E-state index is 12.9. The van der Waals surface area contributed by atoms with Crippen LogP contribution in [0.1, 0.15) is 13.3 Å². The second-order valence-corrected chi connectivity index (χ2v) is 5.24. The number of likely N-dealkylation sites (N-methyl/N-ethyl adjacent to an activating group) is 1. The number of amides is 1. The van der Waals surface area contributed by atoms with Crippen LogP contribution in [0.5, 0.6) is 0 Å².